The van der Waals surface area contributed by atoms with E-state index in [0.717, 1.165) is 61.3 Å². The summed E-state index contributed by atoms with van der Waals surface area (Å²) in [6.07, 6.45) is 10.9. The molecular formula is C42H62N6O4S. The average Bonchev–Trinajstić information content (AvgIpc) is 3.58. The van der Waals surface area contributed by atoms with Crippen LogP contribution in [0.1, 0.15) is 128 Å². The number of nitrogens with zero attached hydrogens (tertiary/aromatic N) is 5. The molecule has 3 aromatic rings. The standard InChI is InChI=1S/C42H62N6O4S/c1-10-17-20-30(12-3)27-48(28-31(13-4)21-18-11-2)37-25-35(43-29(8)49)36(26-38(37)51-9)44-47-41-34(42(50)52-16-7)24-39(53-41)45-46-40-32(14-5)22-19-23-33(40)15-6/h19,22-26,30-31H,10-18,20-21,27-28H2,1-9H3,(H,43,49). The maximum atomic E-state index is 13.1. The Labute approximate surface area is 321 Å². The monoisotopic (exact) mass is 746 g/mol. The SMILES string of the molecule is CCCCC(CC)CN(CC(CC)CCCC)c1cc(NC(C)=O)c(N=Nc2sc(N=Nc3c(CC)cccc3CC)cc2C(=O)OCC)cc1OC. The molecule has 3 rings (SSSR count). The van der Waals surface area contributed by atoms with E-state index in [9.17, 15) is 9.59 Å². The topological polar surface area (TPSA) is 117 Å². The first kappa shape index (κ1) is 43.3. The second-order valence-corrected chi connectivity index (χ2v) is 14.5. The predicted octanol–water partition coefficient (Wildman–Crippen LogP) is 13.1. The fraction of sp³-hybridized carbons (Fsp3) is 0.571. The van der Waals surface area contributed by atoms with Crippen LogP contribution in [-0.4, -0.2) is 38.7 Å². The van der Waals surface area contributed by atoms with E-state index in [1.165, 1.54) is 56.8 Å². The molecule has 0 radical (unpaired) electrons. The first-order chi connectivity index (χ1) is 25.7. The van der Waals surface area contributed by atoms with Gasteiger partial charge in [-0.1, -0.05) is 110 Å². The van der Waals surface area contributed by atoms with Gasteiger partial charge >= 0.3 is 5.97 Å². The Morgan fingerprint density at radius 3 is 1.96 bits per heavy atom. The van der Waals surface area contributed by atoms with Crippen LogP contribution in [0, 0.1) is 11.8 Å². The van der Waals surface area contributed by atoms with Crippen molar-refractivity contribution >= 4 is 56.0 Å². The summed E-state index contributed by atoms with van der Waals surface area (Å²) >= 11 is 1.20. The molecule has 0 saturated carbocycles. The van der Waals surface area contributed by atoms with Crippen LogP contribution < -0.4 is 15.0 Å². The molecule has 2 atom stereocenters. The average molecular weight is 747 g/mol. The first-order valence-electron chi connectivity index (χ1n) is 19.7. The van der Waals surface area contributed by atoms with Crippen molar-refractivity contribution in [2.45, 2.75) is 120 Å². The van der Waals surface area contributed by atoms with Crippen molar-refractivity contribution in [1.29, 1.82) is 0 Å². The number of nitrogens with one attached hydrogen (secondary N) is 1. The zero-order valence-corrected chi connectivity index (χ0v) is 34.4. The van der Waals surface area contributed by atoms with Crippen LogP contribution in [0.25, 0.3) is 0 Å². The van der Waals surface area contributed by atoms with Gasteiger partial charge in [-0.3, -0.25) is 4.79 Å². The molecule has 0 saturated heterocycles. The van der Waals surface area contributed by atoms with Gasteiger partial charge in [-0.2, -0.15) is 0 Å². The largest absolute Gasteiger partial charge is 0.494 e. The maximum absolute atomic E-state index is 13.1. The Morgan fingerprint density at radius 2 is 1.45 bits per heavy atom. The summed E-state index contributed by atoms with van der Waals surface area (Å²) in [5.74, 6) is 0.967. The Kier molecular flexibility index (Phi) is 18.7. The van der Waals surface area contributed by atoms with E-state index < -0.39 is 5.97 Å². The van der Waals surface area contributed by atoms with E-state index in [4.69, 9.17) is 9.47 Å². The van der Waals surface area contributed by atoms with Crippen molar-refractivity contribution in [3.63, 3.8) is 0 Å². The molecule has 290 valence electrons. The van der Waals surface area contributed by atoms with E-state index in [1.807, 2.05) is 18.2 Å². The maximum Gasteiger partial charge on any atom is 0.341 e. The fourth-order valence-electron chi connectivity index (χ4n) is 6.46. The van der Waals surface area contributed by atoms with Gasteiger partial charge < -0.3 is 19.7 Å². The van der Waals surface area contributed by atoms with Gasteiger partial charge in [0, 0.05) is 26.1 Å². The third kappa shape index (κ3) is 12.8. The minimum absolute atomic E-state index is 0.211. The Balaban J connectivity index is 2.12. The molecule has 0 spiro atoms. The Hall–Kier alpha value is -4.12. The van der Waals surface area contributed by atoms with Gasteiger partial charge in [0.25, 0.3) is 0 Å². The lowest BCUT2D eigenvalue weighted by atomic mass is 9.95. The number of esters is 1. The lowest BCUT2D eigenvalue weighted by molar-refractivity contribution is -0.114. The van der Waals surface area contributed by atoms with Crippen LogP contribution in [0.5, 0.6) is 5.75 Å². The van der Waals surface area contributed by atoms with Crippen molar-refractivity contribution in [3.8, 4) is 5.75 Å². The highest BCUT2D eigenvalue weighted by atomic mass is 32.1. The predicted molar refractivity (Wildman–Crippen MR) is 220 cm³/mol. The van der Waals surface area contributed by atoms with E-state index in [0.29, 0.717) is 39.0 Å². The van der Waals surface area contributed by atoms with Crippen molar-refractivity contribution in [1.82, 2.24) is 0 Å². The molecule has 53 heavy (non-hydrogen) atoms. The van der Waals surface area contributed by atoms with Crippen molar-refractivity contribution < 1.29 is 19.1 Å². The zero-order chi connectivity index (χ0) is 38.8. The van der Waals surface area contributed by atoms with Crippen LogP contribution >= 0.6 is 11.3 Å². The van der Waals surface area contributed by atoms with Gasteiger partial charge in [-0.15, -0.1) is 20.5 Å². The van der Waals surface area contributed by atoms with Gasteiger partial charge in [-0.25, -0.2) is 4.79 Å². The molecule has 1 amide bonds. The number of benzene rings is 2. The Morgan fingerprint density at radius 1 is 0.830 bits per heavy atom. The summed E-state index contributed by atoms with van der Waals surface area (Å²) in [6, 6.07) is 11.6. The molecule has 0 fully saturated rings. The molecule has 0 aliphatic heterocycles. The number of thiophene rings is 1. The number of carbonyl (C=O) groups is 2. The lowest BCUT2D eigenvalue weighted by Crippen LogP contribution is -2.34. The van der Waals surface area contributed by atoms with E-state index in [2.05, 4.69) is 84.3 Å². The number of hydrogen-bond acceptors (Lipinski definition) is 10. The number of ether oxygens (including phenoxy) is 2. The summed E-state index contributed by atoms with van der Waals surface area (Å²) in [5, 5.41) is 22.1. The summed E-state index contributed by atoms with van der Waals surface area (Å²) in [7, 11) is 1.66. The minimum atomic E-state index is -0.518. The normalized spacial score (nSPS) is 12.7. The number of anilines is 2. The second kappa shape index (κ2) is 22.8. The number of unbranched alkanes of at least 4 members (excludes halogenated alkanes) is 2. The highest BCUT2D eigenvalue weighted by Gasteiger charge is 2.23. The number of hydrogen-bond donors (Lipinski definition) is 1. The molecule has 1 aromatic heterocycles. The molecule has 2 unspecified atom stereocenters. The molecule has 2 aromatic carbocycles. The second-order valence-electron chi connectivity index (χ2n) is 13.5. The van der Waals surface area contributed by atoms with Crippen LogP contribution in [0.2, 0.25) is 0 Å². The third-order valence-electron chi connectivity index (χ3n) is 9.65. The summed E-state index contributed by atoms with van der Waals surface area (Å²) in [5.41, 5.74) is 5.16. The molecule has 1 heterocycles. The third-order valence-corrected chi connectivity index (χ3v) is 10.6. The van der Waals surface area contributed by atoms with Gasteiger partial charge in [0.05, 0.1) is 30.8 Å². The quantitative estimate of drug-likeness (QED) is 0.0765. The smallest absolute Gasteiger partial charge is 0.341 e. The van der Waals surface area contributed by atoms with E-state index in [1.54, 1.807) is 20.1 Å². The summed E-state index contributed by atoms with van der Waals surface area (Å²) in [4.78, 5) is 28.1. The van der Waals surface area contributed by atoms with Crippen molar-refractivity contribution in [2.75, 3.05) is 37.0 Å². The van der Waals surface area contributed by atoms with Crippen LogP contribution in [0.15, 0.2) is 56.9 Å². The summed E-state index contributed by atoms with van der Waals surface area (Å²) in [6.45, 7) is 18.4. The minimum Gasteiger partial charge on any atom is -0.494 e. The van der Waals surface area contributed by atoms with Gasteiger partial charge in [0.1, 0.15) is 22.0 Å². The van der Waals surface area contributed by atoms with E-state index in [-0.39, 0.29) is 18.1 Å². The highest BCUT2D eigenvalue weighted by molar-refractivity contribution is 7.19. The molecule has 0 aliphatic rings. The number of rotatable bonds is 23. The van der Waals surface area contributed by atoms with E-state index >= 15 is 0 Å². The molecule has 0 aliphatic carbocycles. The van der Waals surface area contributed by atoms with Gasteiger partial charge in [0.2, 0.25) is 5.91 Å². The summed E-state index contributed by atoms with van der Waals surface area (Å²) < 4.78 is 11.4. The molecule has 1 N–H and O–H groups in total. The highest BCUT2D eigenvalue weighted by Crippen LogP contribution is 2.43. The van der Waals surface area contributed by atoms with Gasteiger partial charge in [-0.05, 0) is 67.7 Å². The molecule has 10 nitrogen and oxygen atoms in total. The van der Waals surface area contributed by atoms with Crippen molar-refractivity contribution in [2.24, 2.45) is 32.3 Å². The molecular weight excluding hydrogens is 685 g/mol. The Bertz CT molecular complexity index is 1630. The molecule has 11 heteroatoms. The zero-order valence-electron chi connectivity index (χ0n) is 33.6. The lowest BCUT2D eigenvalue weighted by Gasteiger charge is -2.34. The molecule has 0 bridgehead atoms. The van der Waals surface area contributed by atoms with Crippen molar-refractivity contribution in [3.05, 3.63) is 53.1 Å². The van der Waals surface area contributed by atoms with Crippen LogP contribution in [0.3, 0.4) is 0 Å². The number of methoxy groups -OCH3 is 1. The number of azo groups is 2. The van der Waals surface area contributed by atoms with Crippen LogP contribution in [0.4, 0.5) is 32.8 Å². The van der Waals surface area contributed by atoms with Gasteiger partial charge in [0.15, 0.2) is 5.00 Å². The fourth-order valence-corrected chi connectivity index (χ4v) is 7.25. The number of aryl methyl sites for hydroxylation is 2. The number of carbonyl (C=O) groups excluding carboxylic acids is 2. The van der Waals surface area contributed by atoms with Crippen LogP contribution in [-0.2, 0) is 22.4 Å². The number of amides is 1. The first-order valence-corrected chi connectivity index (χ1v) is 20.5.